The highest BCUT2D eigenvalue weighted by molar-refractivity contribution is 9.10. The van der Waals surface area contributed by atoms with Crippen LogP contribution in [0.5, 0.6) is 5.75 Å². The van der Waals surface area contributed by atoms with E-state index in [0.717, 1.165) is 15.8 Å². The van der Waals surface area contributed by atoms with Gasteiger partial charge in [0.1, 0.15) is 17.0 Å². The van der Waals surface area contributed by atoms with E-state index in [1.807, 2.05) is 17.0 Å². The molecule has 34 heavy (non-hydrogen) atoms. The minimum absolute atomic E-state index is 0.0219. The van der Waals surface area contributed by atoms with Crippen LogP contribution in [0.15, 0.2) is 40.9 Å². The fraction of sp³-hybridized carbons (Fsp3) is 0.348. The van der Waals surface area contributed by atoms with E-state index in [0.29, 0.717) is 24.2 Å². The maximum Gasteiger partial charge on any atom is 0.271 e. The van der Waals surface area contributed by atoms with Gasteiger partial charge in [0.05, 0.1) is 23.9 Å². The summed E-state index contributed by atoms with van der Waals surface area (Å²) in [5.74, 6) is -2.86. The molecule has 174 valence electrons. The second kappa shape index (κ2) is 7.09. The highest BCUT2D eigenvalue weighted by Gasteiger charge is 2.74. The van der Waals surface area contributed by atoms with E-state index in [2.05, 4.69) is 21.2 Å². The van der Waals surface area contributed by atoms with E-state index >= 15 is 0 Å². The third-order valence-electron chi connectivity index (χ3n) is 7.57. The van der Waals surface area contributed by atoms with E-state index < -0.39 is 34.1 Å². The zero-order valence-electron chi connectivity index (χ0n) is 18.0. The molecule has 4 heterocycles. The van der Waals surface area contributed by atoms with E-state index in [1.165, 1.54) is 25.3 Å². The maximum atomic E-state index is 14.0. The third-order valence-corrected chi connectivity index (χ3v) is 8.06. The van der Waals surface area contributed by atoms with Crippen LogP contribution < -0.4 is 15.0 Å². The number of ether oxygens (including phenoxy) is 1. The first-order chi connectivity index (χ1) is 16.3. The van der Waals surface area contributed by atoms with Gasteiger partial charge in [0, 0.05) is 33.9 Å². The van der Waals surface area contributed by atoms with E-state index in [4.69, 9.17) is 4.74 Å². The van der Waals surface area contributed by atoms with Crippen molar-refractivity contribution in [3.05, 3.63) is 56.5 Å². The Morgan fingerprint density at radius 2 is 1.97 bits per heavy atom. The second-order valence-corrected chi connectivity index (χ2v) is 9.86. The van der Waals surface area contributed by atoms with Crippen LogP contribution in [0.25, 0.3) is 0 Å². The molecule has 6 rings (SSSR count). The second-order valence-electron chi connectivity index (χ2n) is 8.94. The summed E-state index contributed by atoms with van der Waals surface area (Å²) in [4.78, 5) is 55.3. The number of nitrogens with zero attached hydrogens (tertiary/aromatic N) is 3. The molecular formula is C23H19BrN4O6. The summed E-state index contributed by atoms with van der Waals surface area (Å²) in [6, 6.07) is 8.95. The number of nitro groups is 1. The molecule has 0 bridgehead atoms. The summed E-state index contributed by atoms with van der Waals surface area (Å²) in [6.45, 7) is 0.595. The highest BCUT2D eigenvalue weighted by atomic mass is 79.9. The summed E-state index contributed by atoms with van der Waals surface area (Å²) < 4.78 is 6.10. The van der Waals surface area contributed by atoms with Crippen molar-refractivity contribution in [1.29, 1.82) is 0 Å². The van der Waals surface area contributed by atoms with E-state index in [-0.39, 0.29) is 29.1 Å². The number of fused-ring (bicyclic) bond motifs is 7. The monoisotopic (exact) mass is 526 g/mol. The minimum Gasteiger partial charge on any atom is -0.495 e. The van der Waals surface area contributed by atoms with Crippen LogP contribution in [0, 0.1) is 22.0 Å². The number of imide groups is 1. The van der Waals surface area contributed by atoms with Crippen molar-refractivity contribution < 1.29 is 24.0 Å². The molecule has 0 aromatic heterocycles. The molecule has 4 aliphatic rings. The predicted molar refractivity (Wildman–Crippen MR) is 123 cm³/mol. The molecule has 0 saturated carbocycles. The number of non-ortho nitro benzene ring substituents is 1. The molecule has 2 aromatic rings. The molecule has 4 aliphatic heterocycles. The van der Waals surface area contributed by atoms with Crippen LogP contribution in [0.2, 0.25) is 0 Å². The Morgan fingerprint density at radius 3 is 2.71 bits per heavy atom. The number of hydrogen-bond acceptors (Lipinski definition) is 7. The third kappa shape index (κ3) is 2.45. The lowest BCUT2D eigenvalue weighted by molar-refractivity contribution is -0.384. The summed E-state index contributed by atoms with van der Waals surface area (Å²) in [7, 11) is 1.37. The Morgan fingerprint density at radius 1 is 1.18 bits per heavy atom. The fourth-order valence-electron chi connectivity index (χ4n) is 6.38. The van der Waals surface area contributed by atoms with E-state index in [9.17, 15) is 24.5 Å². The zero-order chi connectivity index (χ0) is 23.9. The number of hydrogen-bond donors (Lipinski definition) is 1. The number of anilines is 2. The van der Waals surface area contributed by atoms with Crippen molar-refractivity contribution in [2.75, 3.05) is 23.9 Å². The van der Waals surface area contributed by atoms with Gasteiger partial charge >= 0.3 is 0 Å². The lowest BCUT2D eigenvalue weighted by Crippen LogP contribution is -2.54. The van der Waals surface area contributed by atoms with Crippen molar-refractivity contribution in [3.8, 4) is 5.75 Å². The number of nitrogens with one attached hydrogen (secondary N) is 1. The smallest absolute Gasteiger partial charge is 0.271 e. The van der Waals surface area contributed by atoms with Gasteiger partial charge in [-0.3, -0.25) is 29.4 Å². The number of benzene rings is 2. The molecule has 3 saturated heterocycles. The minimum atomic E-state index is -1.32. The van der Waals surface area contributed by atoms with Gasteiger partial charge in [-0.15, -0.1) is 0 Å². The molecule has 3 amide bonds. The average molecular weight is 527 g/mol. The molecule has 3 fully saturated rings. The first-order valence-electron chi connectivity index (χ1n) is 10.9. The van der Waals surface area contributed by atoms with Crippen molar-refractivity contribution in [2.24, 2.45) is 11.8 Å². The Kier molecular flexibility index (Phi) is 4.43. The van der Waals surface area contributed by atoms with Crippen LogP contribution in [-0.4, -0.2) is 47.2 Å². The molecule has 0 radical (unpaired) electrons. The number of amides is 3. The maximum absolute atomic E-state index is 14.0. The Labute approximate surface area is 202 Å². The molecule has 4 atom stereocenters. The van der Waals surface area contributed by atoms with Gasteiger partial charge in [0.15, 0.2) is 0 Å². The average Bonchev–Trinajstić information content (AvgIpc) is 3.52. The van der Waals surface area contributed by atoms with Gasteiger partial charge in [0.25, 0.3) is 5.69 Å². The summed E-state index contributed by atoms with van der Waals surface area (Å²) >= 11 is 3.48. The van der Waals surface area contributed by atoms with Crippen LogP contribution in [0.3, 0.4) is 0 Å². The van der Waals surface area contributed by atoms with Crippen molar-refractivity contribution in [2.45, 2.75) is 24.4 Å². The van der Waals surface area contributed by atoms with Gasteiger partial charge in [0.2, 0.25) is 17.7 Å². The molecule has 11 heteroatoms. The van der Waals surface area contributed by atoms with Gasteiger partial charge in [-0.2, -0.15) is 0 Å². The number of halogens is 1. The van der Waals surface area contributed by atoms with Gasteiger partial charge < -0.3 is 10.1 Å². The van der Waals surface area contributed by atoms with Crippen LogP contribution in [0.1, 0.15) is 18.4 Å². The van der Waals surface area contributed by atoms with Crippen molar-refractivity contribution >= 4 is 50.7 Å². The van der Waals surface area contributed by atoms with Crippen molar-refractivity contribution in [1.82, 2.24) is 4.90 Å². The lowest BCUT2D eigenvalue weighted by Gasteiger charge is -2.36. The summed E-state index contributed by atoms with van der Waals surface area (Å²) in [6.07, 6.45) is 1.48. The molecule has 0 unspecified atom stereocenters. The first-order valence-corrected chi connectivity index (χ1v) is 11.7. The quantitative estimate of drug-likeness (QED) is 0.370. The molecule has 0 aliphatic carbocycles. The number of nitro benzene ring substituents is 1. The molecule has 1 N–H and O–H groups in total. The van der Waals surface area contributed by atoms with Crippen LogP contribution in [0.4, 0.5) is 17.1 Å². The van der Waals surface area contributed by atoms with Gasteiger partial charge in [-0.25, -0.2) is 4.90 Å². The van der Waals surface area contributed by atoms with Crippen LogP contribution >= 0.6 is 15.9 Å². The summed E-state index contributed by atoms with van der Waals surface area (Å²) in [5, 5.41) is 14.3. The zero-order valence-corrected chi connectivity index (χ0v) is 19.6. The highest BCUT2D eigenvalue weighted by Crippen LogP contribution is 2.61. The largest absolute Gasteiger partial charge is 0.495 e. The van der Waals surface area contributed by atoms with Gasteiger partial charge in [-0.05, 0) is 43.7 Å². The van der Waals surface area contributed by atoms with Crippen LogP contribution in [-0.2, 0) is 19.9 Å². The van der Waals surface area contributed by atoms with E-state index in [1.54, 1.807) is 6.07 Å². The topological polar surface area (TPSA) is 122 Å². The summed E-state index contributed by atoms with van der Waals surface area (Å²) in [5.41, 5.74) is -0.279. The molecule has 2 aromatic carbocycles. The standard InChI is InChI=1S/C23H19BrN4O6/c1-34-17-7-5-12(28(32)33)10-16(17)27-20(29)18-15-3-2-8-26(15)23(19(18)21(27)30)13-9-11(24)4-6-14(13)25-22(23)31/h4-7,9-10,15,18-19H,2-3,8H2,1H3,(H,25,31)/t15-,18+,19+,23+/m0/s1. The molecule has 1 spiro atoms. The SMILES string of the molecule is COc1ccc([N+](=O)[O-])cc1N1C(=O)[C@@H]2[C@@H]3CCCN3[C@@]3(C(=O)Nc4ccc(Br)cc43)[C@H]2C1=O. The van der Waals surface area contributed by atoms with Crippen molar-refractivity contribution in [3.63, 3.8) is 0 Å². The normalized spacial score (nSPS) is 29.4. The number of methoxy groups -OCH3 is 1. The number of carbonyl (C=O) groups excluding carboxylic acids is 3. The number of rotatable bonds is 3. The fourth-order valence-corrected chi connectivity index (χ4v) is 6.74. The molecule has 10 nitrogen and oxygen atoms in total. The Hall–Kier alpha value is -3.31. The first kappa shape index (κ1) is 21.2. The predicted octanol–water partition coefficient (Wildman–Crippen LogP) is 2.80. The Bertz CT molecular complexity index is 1310. The van der Waals surface area contributed by atoms with Gasteiger partial charge in [-0.1, -0.05) is 15.9 Å². The Balaban J connectivity index is 1.56. The molecular weight excluding hydrogens is 508 g/mol. The lowest BCUT2D eigenvalue weighted by atomic mass is 9.75. The number of carbonyl (C=O) groups is 3.